The second-order valence-electron chi connectivity index (χ2n) is 4.78. The SMILES string of the molecule is CON(C)C1CCN(c2ccc(C)cc2)CC1. The molecule has 1 aromatic rings. The summed E-state index contributed by atoms with van der Waals surface area (Å²) in [7, 11) is 3.76. The van der Waals surface area contributed by atoms with Crippen LogP contribution in [0.3, 0.4) is 0 Å². The lowest BCUT2D eigenvalue weighted by molar-refractivity contribution is -0.145. The number of benzene rings is 1. The first-order valence-electron chi connectivity index (χ1n) is 6.29. The van der Waals surface area contributed by atoms with Gasteiger partial charge < -0.3 is 9.74 Å². The molecule has 0 aliphatic carbocycles. The highest BCUT2D eigenvalue weighted by Crippen LogP contribution is 2.22. The third-order valence-electron chi connectivity index (χ3n) is 3.67. The van der Waals surface area contributed by atoms with Crippen LogP contribution >= 0.6 is 0 Å². The lowest BCUT2D eigenvalue weighted by Gasteiger charge is -2.36. The van der Waals surface area contributed by atoms with E-state index in [4.69, 9.17) is 4.84 Å². The summed E-state index contributed by atoms with van der Waals surface area (Å²) in [4.78, 5) is 7.72. The van der Waals surface area contributed by atoms with Crippen molar-refractivity contribution < 1.29 is 4.84 Å². The van der Waals surface area contributed by atoms with Gasteiger partial charge in [0.1, 0.15) is 0 Å². The smallest absolute Gasteiger partial charge is 0.0575 e. The van der Waals surface area contributed by atoms with Gasteiger partial charge in [-0.3, -0.25) is 0 Å². The number of aryl methyl sites for hydroxylation is 1. The minimum atomic E-state index is 0.557. The van der Waals surface area contributed by atoms with Crippen molar-refractivity contribution >= 4 is 5.69 Å². The van der Waals surface area contributed by atoms with Gasteiger partial charge in [0.05, 0.1) is 7.11 Å². The number of hydrogen-bond acceptors (Lipinski definition) is 3. The largest absolute Gasteiger partial charge is 0.371 e. The van der Waals surface area contributed by atoms with Crippen LogP contribution < -0.4 is 4.90 Å². The maximum atomic E-state index is 5.26. The summed E-state index contributed by atoms with van der Waals surface area (Å²) in [5, 5.41) is 1.98. The second-order valence-corrected chi connectivity index (χ2v) is 4.78. The van der Waals surface area contributed by atoms with E-state index in [0.29, 0.717) is 6.04 Å². The van der Waals surface area contributed by atoms with E-state index in [0.717, 1.165) is 25.9 Å². The molecule has 0 aromatic heterocycles. The molecule has 0 spiro atoms. The average molecular weight is 234 g/mol. The second kappa shape index (κ2) is 5.52. The molecule has 2 rings (SSSR count). The third-order valence-corrected chi connectivity index (χ3v) is 3.67. The van der Waals surface area contributed by atoms with Crippen molar-refractivity contribution in [2.75, 3.05) is 32.1 Å². The van der Waals surface area contributed by atoms with Gasteiger partial charge in [-0.1, -0.05) is 17.7 Å². The zero-order valence-electron chi connectivity index (χ0n) is 11.0. The summed E-state index contributed by atoms with van der Waals surface area (Å²) in [6.07, 6.45) is 2.33. The molecule has 94 valence electrons. The van der Waals surface area contributed by atoms with Gasteiger partial charge in [-0.25, -0.2) is 0 Å². The molecule has 0 radical (unpaired) electrons. The molecule has 1 aromatic carbocycles. The summed E-state index contributed by atoms with van der Waals surface area (Å²) in [6.45, 7) is 4.35. The summed E-state index contributed by atoms with van der Waals surface area (Å²) in [6, 6.07) is 9.36. The van der Waals surface area contributed by atoms with E-state index in [-0.39, 0.29) is 0 Å². The zero-order chi connectivity index (χ0) is 12.3. The Morgan fingerprint density at radius 3 is 2.29 bits per heavy atom. The number of rotatable bonds is 3. The Balaban J connectivity index is 1.93. The van der Waals surface area contributed by atoms with Crippen molar-refractivity contribution in [1.82, 2.24) is 5.06 Å². The molecule has 0 N–H and O–H groups in total. The molecule has 3 nitrogen and oxygen atoms in total. The number of piperidine rings is 1. The average Bonchev–Trinajstić information content (AvgIpc) is 2.39. The standard InChI is InChI=1S/C14H22N2O/c1-12-4-6-14(7-5-12)16-10-8-13(9-11-16)15(2)17-3/h4-7,13H,8-11H2,1-3H3. The third kappa shape index (κ3) is 2.99. The molecule has 3 heteroatoms. The number of hydroxylamine groups is 2. The summed E-state index contributed by atoms with van der Waals surface area (Å²) >= 11 is 0. The van der Waals surface area contributed by atoms with E-state index >= 15 is 0 Å². The van der Waals surface area contributed by atoms with Crippen molar-refractivity contribution in [3.8, 4) is 0 Å². The molecular formula is C14H22N2O. The van der Waals surface area contributed by atoms with Crippen LogP contribution in [-0.2, 0) is 4.84 Å². The minimum Gasteiger partial charge on any atom is -0.371 e. The highest BCUT2D eigenvalue weighted by molar-refractivity contribution is 5.47. The van der Waals surface area contributed by atoms with Gasteiger partial charge in [0, 0.05) is 31.9 Å². The van der Waals surface area contributed by atoms with Crippen LogP contribution in [0.15, 0.2) is 24.3 Å². The summed E-state index contributed by atoms with van der Waals surface area (Å²) < 4.78 is 0. The Labute approximate surface area is 104 Å². The Morgan fingerprint density at radius 2 is 1.76 bits per heavy atom. The molecule has 1 aliphatic rings. The van der Waals surface area contributed by atoms with Crippen molar-refractivity contribution in [1.29, 1.82) is 0 Å². The topological polar surface area (TPSA) is 15.7 Å². The van der Waals surface area contributed by atoms with E-state index in [9.17, 15) is 0 Å². The Bertz CT molecular complexity index is 342. The highest BCUT2D eigenvalue weighted by atomic mass is 16.7. The van der Waals surface area contributed by atoms with Gasteiger partial charge >= 0.3 is 0 Å². The van der Waals surface area contributed by atoms with Gasteiger partial charge in [0.25, 0.3) is 0 Å². The highest BCUT2D eigenvalue weighted by Gasteiger charge is 2.22. The summed E-state index contributed by atoms with van der Waals surface area (Å²) in [5.74, 6) is 0. The molecule has 0 amide bonds. The van der Waals surface area contributed by atoms with Gasteiger partial charge in [-0.05, 0) is 31.9 Å². The first kappa shape index (κ1) is 12.4. The summed E-state index contributed by atoms with van der Waals surface area (Å²) in [5.41, 5.74) is 2.66. The number of hydrogen-bond donors (Lipinski definition) is 0. The molecule has 17 heavy (non-hydrogen) atoms. The monoisotopic (exact) mass is 234 g/mol. The van der Waals surface area contributed by atoms with E-state index in [1.54, 1.807) is 7.11 Å². The van der Waals surface area contributed by atoms with Gasteiger partial charge in [0.15, 0.2) is 0 Å². The minimum absolute atomic E-state index is 0.557. The van der Waals surface area contributed by atoms with E-state index in [1.807, 2.05) is 12.1 Å². The quantitative estimate of drug-likeness (QED) is 0.747. The predicted molar refractivity (Wildman–Crippen MR) is 71.2 cm³/mol. The molecule has 1 aliphatic heterocycles. The van der Waals surface area contributed by atoms with Crippen LogP contribution in [-0.4, -0.2) is 38.4 Å². The predicted octanol–water partition coefficient (Wildman–Crippen LogP) is 2.46. The number of nitrogens with zero attached hydrogens (tertiary/aromatic N) is 2. The Morgan fingerprint density at radius 1 is 1.18 bits per heavy atom. The fourth-order valence-electron chi connectivity index (χ4n) is 2.39. The van der Waals surface area contributed by atoms with Crippen LogP contribution in [0.5, 0.6) is 0 Å². The lowest BCUT2D eigenvalue weighted by Crippen LogP contribution is -2.43. The van der Waals surface area contributed by atoms with Gasteiger partial charge in [0.2, 0.25) is 0 Å². The fraction of sp³-hybridized carbons (Fsp3) is 0.571. The molecule has 1 heterocycles. The lowest BCUT2D eigenvalue weighted by atomic mass is 10.0. The van der Waals surface area contributed by atoms with Crippen molar-refractivity contribution in [2.45, 2.75) is 25.8 Å². The van der Waals surface area contributed by atoms with Crippen LogP contribution in [0.4, 0.5) is 5.69 Å². The molecule has 0 saturated carbocycles. The first-order chi connectivity index (χ1) is 8.20. The normalized spacial score (nSPS) is 17.8. The molecule has 1 saturated heterocycles. The van der Waals surface area contributed by atoms with Crippen molar-refractivity contribution in [2.24, 2.45) is 0 Å². The van der Waals surface area contributed by atoms with Crippen LogP contribution in [0.25, 0.3) is 0 Å². The van der Waals surface area contributed by atoms with Crippen LogP contribution in [0.2, 0.25) is 0 Å². The first-order valence-corrected chi connectivity index (χ1v) is 6.29. The maximum absolute atomic E-state index is 5.26. The van der Waals surface area contributed by atoms with Crippen molar-refractivity contribution in [3.63, 3.8) is 0 Å². The van der Waals surface area contributed by atoms with Gasteiger partial charge in [-0.2, -0.15) is 5.06 Å². The molecule has 1 fully saturated rings. The van der Waals surface area contributed by atoms with Crippen LogP contribution in [0, 0.1) is 6.92 Å². The molecule has 0 bridgehead atoms. The molecular weight excluding hydrogens is 212 g/mol. The Hall–Kier alpha value is -1.06. The van der Waals surface area contributed by atoms with E-state index in [1.165, 1.54) is 11.3 Å². The fourth-order valence-corrected chi connectivity index (χ4v) is 2.39. The maximum Gasteiger partial charge on any atom is 0.0575 e. The molecule has 0 unspecified atom stereocenters. The van der Waals surface area contributed by atoms with E-state index in [2.05, 4.69) is 36.1 Å². The number of anilines is 1. The van der Waals surface area contributed by atoms with Crippen LogP contribution in [0.1, 0.15) is 18.4 Å². The molecule has 0 atom stereocenters. The Kier molecular flexibility index (Phi) is 4.02. The van der Waals surface area contributed by atoms with Crippen molar-refractivity contribution in [3.05, 3.63) is 29.8 Å². The zero-order valence-corrected chi connectivity index (χ0v) is 11.0. The van der Waals surface area contributed by atoms with Gasteiger partial charge in [-0.15, -0.1) is 0 Å². The van der Waals surface area contributed by atoms with E-state index < -0.39 is 0 Å².